The van der Waals surface area contributed by atoms with E-state index in [1.54, 1.807) is 13.2 Å². The topological polar surface area (TPSA) is 53.1 Å². The number of fused-ring (bicyclic) bond motifs is 1. The molecule has 2 aromatic rings. The number of benzene rings is 1. The van der Waals surface area contributed by atoms with Crippen LogP contribution < -0.4 is 10.5 Å². The highest BCUT2D eigenvalue weighted by Gasteiger charge is 2.24. The Morgan fingerprint density at radius 3 is 3.05 bits per heavy atom. The summed E-state index contributed by atoms with van der Waals surface area (Å²) in [6.45, 7) is 1.25. The number of aryl methyl sites for hydroxylation is 1. The average Bonchev–Trinajstić information content (AvgIpc) is 2.98. The summed E-state index contributed by atoms with van der Waals surface area (Å²) in [6.07, 6.45) is 2.01. The second kappa shape index (κ2) is 4.66. The quantitative estimate of drug-likeness (QED) is 0.920. The van der Waals surface area contributed by atoms with Crippen molar-refractivity contribution in [1.82, 2.24) is 9.78 Å². The van der Waals surface area contributed by atoms with E-state index in [0.29, 0.717) is 12.3 Å². The van der Waals surface area contributed by atoms with Gasteiger partial charge in [-0.15, -0.1) is 0 Å². The molecule has 100 valence electrons. The van der Waals surface area contributed by atoms with E-state index in [1.807, 2.05) is 4.68 Å². The fourth-order valence-corrected chi connectivity index (χ4v) is 2.72. The van der Waals surface area contributed by atoms with Gasteiger partial charge in [-0.3, -0.25) is 4.68 Å². The normalized spacial score (nSPS) is 13.6. The van der Waals surface area contributed by atoms with Crippen LogP contribution in [0.1, 0.15) is 17.8 Å². The molecule has 5 heteroatoms. The molecule has 0 aliphatic carbocycles. The molecule has 0 bridgehead atoms. The summed E-state index contributed by atoms with van der Waals surface area (Å²) in [4.78, 5) is 0. The summed E-state index contributed by atoms with van der Waals surface area (Å²) in [6, 6.07) is 4.53. The maximum atomic E-state index is 13.5. The Kier molecular flexibility index (Phi) is 2.98. The van der Waals surface area contributed by atoms with Crippen LogP contribution in [0.2, 0.25) is 0 Å². The van der Waals surface area contributed by atoms with Gasteiger partial charge in [0.25, 0.3) is 0 Å². The molecule has 2 heterocycles. The highest BCUT2D eigenvalue weighted by atomic mass is 19.1. The van der Waals surface area contributed by atoms with Crippen LogP contribution in [0.25, 0.3) is 11.1 Å². The maximum Gasteiger partial charge on any atom is 0.127 e. The first-order valence-corrected chi connectivity index (χ1v) is 6.37. The van der Waals surface area contributed by atoms with E-state index in [1.165, 1.54) is 12.1 Å². The number of hydrogen-bond donors (Lipinski definition) is 1. The van der Waals surface area contributed by atoms with Crippen LogP contribution in [0.15, 0.2) is 18.2 Å². The smallest absolute Gasteiger partial charge is 0.127 e. The Balaban J connectivity index is 2.24. The minimum Gasteiger partial charge on any atom is -0.496 e. The zero-order chi connectivity index (χ0) is 13.4. The SMILES string of the molecule is COc1ccc(F)cc1-c1c(CN)nn2c1CCC2. The average molecular weight is 261 g/mol. The molecule has 0 spiro atoms. The van der Waals surface area contributed by atoms with E-state index in [2.05, 4.69) is 5.10 Å². The Morgan fingerprint density at radius 1 is 1.47 bits per heavy atom. The minimum atomic E-state index is -0.281. The van der Waals surface area contributed by atoms with Gasteiger partial charge in [-0.05, 0) is 31.0 Å². The van der Waals surface area contributed by atoms with E-state index in [0.717, 1.165) is 41.9 Å². The van der Waals surface area contributed by atoms with Crippen LogP contribution in [-0.4, -0.2) is 16.9 Å². The molecule has 0 saturated heterocycles. The lowest BCUT2D eigenvalue weighted by atomic mass is 10.0. The third-order valence-corrected chi connectivity index (χ3v) is 3.54. The summed E-state index contributed by atoms with van der Waals surface area (Å²) in [7, 11) is 1.59. The van der Waals surface area contributed by atoms with E-state index in [-0.39, 0.29) is 5.82 Å². The molecule has 1 aromatic heterocycles. The summed E-state index contributed by atoms with van der Waals surface area (Å²) >= 11 is 0. The summed E-state index contributed by atoms with van der Waals surface area (Å²) < 4.78 is 20.9. The minimum absolute atomic E-state index is 0.281. The molecule has 0 radical (unpaired) electrons. The first-order valence-electron chi connectivity index (χ1n) is 6.37. The molecule has 0 amide bonds. The van der Waals surface area contributed by atoms with Gasteiger partial charge in [-0.25, -0.2) is 4.39 Å². The van der Waals surface area contributed by atoms with Gasteiger partial charge in [-0.2, -0.15) is 5.10 Å². The number of nitrogens with zero attached hydrogens (tertiary/aromatic N) is 2. The predicted octanol–water partition coefficient (Wildman–Crippen LogP) is 2.10. The molecular formula is C14H16FN3O. The van der Waals surface area contributed by atoms with E-state index in [4.69, 9.17) is 10.5 Å². The molecule has 0 saturated carbocycles. The molecule has 19 heavy (non-hydrogen) atoms. The van der Waals surface area contributed by atoms with Gasteiger partial charge in [0.1, 0.15) is 11.6 Å². The van der Waals surface area contributed by atoms with Gasteiger partial charge in [0.2, 0.25) is 0 Å². The lowest BCUT2D eigenvalue weighted by Crippen LogP contribution is -2.02. The van der Waals surface area contributed by atoms with Crippen LogP contribution in [0.5, 0.6) is 5.75 Å². The maximum absolute atomic E-state index is 13.5. The van der Waals surface area contributed by atoms with Crippen LogP contribution in [-0.2, 0) is 19.5 Å². The largest absolute Gasteiger partial charge is 0.496 e. The highest BCUT2D eigenvalue weighted by Crippen LogP contribution is 2.37. The van der Waals surface area contributed by atoms with Crippen molar-refractivity contribution < 1.29 is 9.13 Å². The van der Waals surface area contributed by atoms with Gasteiger partial charge in [0.15, 0.2) is 0 Å². The lowest BCUT2D eigenvalue weighted by Gasteiger charge is -2.10. The van der Waals surface area contributed by atoms with Crippen LogP contribution in [0, 0.1) is 5.82 Å². The lowest BCUT2D eigenvalue weighted by molar-refractivity contribution is 0.415. The van der Waals surface area contributed by atoms with Gasteiger partial charge >= 0.3 is 0 Å². The third-order valence-electron chi connectivity index (χ3n) is 3.54. The molecule has 0 atom stereocenters. The molecule has 0 unspecified atom stereocenters. The van der Waals surface area contributed by atoms with Gasteiger partial charge in [-0.1, -0.05) is 0 Å². The number of nitrogens with two attached hydrogens (primary N) is 1. The van der Waals surface area contributed by atoms with Crippen molar-refractivity contribution >= 4 is 0 Å². The van der Waals surface area contributed by atoms with Crippen molar-refractivity contribution in [1.29, 1.82) is 0 Å². The number of aromatic nitrogens is 2. The first kappa shape index (κ1) is 12.2. The molecular weight excluding hydrogens is 245 g/mol. The van der Waals surface area contributed by atoms with Crippen LogP contribution >= 0.6 is 0 Å². The first-order chi connectivity index (χ1) is 9.24. The van der Waals surface area contributed by atoms with Crippen molar-refractivity contribution in [2.24, 2.45) is 5.73 Å². The number of hydrogen-bond acceptors (Lipinski definition) is 3. The zero-order valence-electron chi connectivity index (χ0n) is 10.8. The van der Waals surface area contributed by atoms with Crippen LogP contribution in [0.4, 0.5) is 4.39 Å². The molecule has 4 nitrogen and oxygen atoms in total. The summed E-state index contributed by atoms with van der Waals surface area (Å²) in [5, 5.41) is 4.50. The zero-order valence-corrected chi connectivity index (χ0v) is 10.8. The Morgan fingerprint density at radius 2 is 2.32 bits per heavy atom. The Hall–Kier alpha value is -1.88. The third kappa shape index (κ3) is 1.90. The number of halogens is 1. The molecule has 1 aliphatic heterocycles. The van der Waals surface area contributed by atoms with Crippen molar-refractivity contribution in [3.8, 4) is 16.9 Å². The summed E-state index contributed by atoms with van der Waals surface area (Å²) in [5.41, 5.74) is 9.38. The standard InChI is InChI=1S/C14H16FN3O/c1-19-13-5-4-9(15)7-10(13)14-11(8-16)17-18-6-2-3-12(14)18/h4-5,7H,2-3,6,8,16H2,1H3. The second-order valence-electron chi connectivity index (χ2n) is 4.64. The van der Waals surface area contributed by atoms with Crippen molar-refractivity contribution in [2.75, 3.05) is 7.11 Å². The van der Waals surface area contributed by atoms with E-state index < -0.39 is 0 Å². The van der Waals surface area contributed by atoms with Gasteiger partial charge in [0.05, 0.1) is 12.8 Å². The van der Waals surface area contributed by atoms with E-state index >= 15 is 0 Å². The number of rotatable bonds is 3. The highest BCUT2D eigenvalue weighted by molar-refractivity contribution is 5.75. The molecule has 2 N–H and O–H groups in total. The second-order valence-corrected chi connectivity index (χ2v) is 4.64. The van der Waals surface area contributed by atoms with Crippen molar-refractivity contribution in [3.05, 3.63) is 35.4 Å². The fourth-order valence-electron chi connectivity index (χ4n) is 2.72. The Labute approximate surface area is 111 Å². The summed E-state index contributed by atoms with van der Waals surface area (Å²) in [5.74, 6) is 0.371. The predicted molar refractivity (Wildman–Crippen MR) is 70.4 cm³/mol. The number of methoxy groups -OCH3 is 1. The monoisotopic (exact) mass is 261 g/mol. The van der Waals surface area contributed by atoms with Crippen LogP contribution in [0.3, 0.4) is 0 Å². The Bertz CT molecular complexity index is 621. The van der Waals surface area contributed by atoms with Gasteiger partial charge < -0.3 is 10.5 Å². The van der Waals surface area contributed by atoms with Crippen molar-refractivity contribution in [2.45, 2.75) is 25.9 Å². The molecule has 3 rings (SSSR count). The van der Waals surface area contributed by atoms with Gasteiger partial charge in [0, 0.05) is 29.9 Å². The fraction of sp³-hybridized carbons (Fsp3) is 0.357. The van der Waals surface area contributed by atoms with E-state index in [9.17, 15) is 4.39 Å². The van der Waals surface area contributed by atoms with Crippen molar-refractivity contribution in [3.63, 3.8) is 0 Å². The number of ether oxygens (including phenoxy) is 1. The molecule has 1 aliphatic rings. The molecule has 0 fully saturated rings. The molecule has 1 aromatic carbocycles.